The molecular weight excluding hydrogens is 138 g/mol. The van der Waals surface area contributed by atoms with Crippen LogP contribution in [-0.4, -0.2) is 17.5 Å². The van der Waals surface area contributed by atoms with Crippen LogP contribution in [0.4, 0.5) is 0 Å². The number of nitrogens with zero attached hydrogens (tertiary/aromatic N) is 1. The number of carbonyl (C=O) groups excluding carboxylic acids is 1. The lowest BCUT2D eigenvalue weighted by molar-refractivity contribution is -0.113. The molecule has 1 aliphatic rings. The van der Waals surface area contributed by atoms with Gasteiger partial charge in [-0.3, -0.25) is 9.79 Å². The second-order valence-corrected chi connectivity index (χ2v) is 4.11. The van der Waals surface area contributed by atoms with Crippen molar-refractivity contribution in [2.75, 3.05) is 0 Å². The van der Waals surface area contributed by atoms with Gasteiger partial charge in [-0.15, -0.1) is 0 Å². The van der Waals surface area contributed by atoms with Gasteiger partial charge >= 0.3 is 0 Å². The first-order valence-corrected chi connectivity index (χ1v) is 4.08. The zero-order chi connectivity index (χ0) is 8.48. The fraction of sp³-hybridized carbons (Fsp3) is 0.778. The number of carbonyl (C=O) groups is 1. The SMILES string of the molecule is CC(C)(C)N=CC(=O)C1CC1. The fourth-order valence-corrected chi connectivity index (χ4v) is 0.731. The molecule has 0 amide bonds. The lowest BCUT2D eigenvalue weighted by Gasteiger charge is -2.09. The van der Waals surface area contributed by atoms with Gasteiger partial charge in [0.2, 0.25) is 0 Å². The van der Waals surface area contributed by atoms with Crippen molar-refractivity contribution >= 4 is 12.0 Å². The first-order valence-electron chi connectivity index (χ1n) is 4.08. The molecule has 0 aromatic carbocycles. The predicted molar refractivity (Wildman–Crippen MR) is 46.0 cm³/mol. The summed E-state index contributed by atoms with van der Waals surface area (Å²) in [5.74, 6) is 0.515. The lowest BCUT2D eigenvalue weighted by Crippen LogP contribution is -2.13. The van der Waals surface area contributed by atoms with E-state index in [1.165, 1.54) is 6.21 Å². The molecule has 0 atom stereocenters. The highest BCUT2D eigenvalue weighted by molar-refractivity contribution is 6.29. The Morgan fingerprint density at radius 3 is 2.36 bits per heavy atom. The molecule has 0 unspecified atom stereocenters. The van der Waals surface area contributed by atoms with Crippen molar-refractivity contribution in [3.05, 3.63) is 0 Å². The Bertz CT molecular complexity index is 184. The van der Waals surface area contributed by atoms with E-state index >= 15 is 0 Å². The summed E-state index contributed by atoms with van der Waals surface area (Å²) in [6.45, 7) is 5.97. The van der Waals surface area contributed by atoms with E-state index in [1.54, 1.807) is 0 Å². The van der Waals surface area contributed by atoms with E-state index in [-0.39, 0.29) is 11.3 Å². The summed E-state index contributed by atoms with van der Waals surface area (Å²) in [6.07, 6.45) is 3.63. The minimum atomic E-state index is -0.107. The van der Waals surface area contributed by atoms with Crippen LogP contribution in [0.25, 0.3) is 0 Å². The first-order chi connectivity index (χ1) is 4.99. The van der Waals surface area contributed by atoms with Gasteiger partial charge in [0, 0.05) is 5.92 Å². The summed E-state index contributed by atoms with van der Waals surface area (Å²) in [4.78, 5) is 15.2. The average Bonchev–Trinajstić information content (AvgIpc) is 2.61. The van der Waals surface area contributed by atoms with Gasteiger partial charge in [-0.05, 0) is 33.6 Å². The largest absolute Gasteiger partial charge is 0.293 e. The van der Waals surface area contributed by atoms with Crippen LogP contribution in [0.1, 0.15) is 33.6 Å². The molecule has 1 rings (SSSR count). The van der Waals surface area contributed by atoms with Crippen LogP contribution in [0.5, 0.6) is 0 Å². The van der Waals surface area contributed by atoms with Crippen molar-refractivity contribution in [3.63, 3.8) is 0 Å². The van der Waals surface area contributed by atoms with Gasteiger partial charge < -0.3 is 0 Å². The van der Waals surface area contributed by atoms with E-state index in [4.69, 9.17) is 0 Å². The molecule has 0 bridgehead atoms. The van der Waals surface area contributed by atoms with Gasteiger partial charge in [-0.1, -0.05) is 0 Å². The molecule has 0 N–H and O–H groups in total. The van der Waals surface area contributed by atoms with Gasteiger partial charge in [-0.25, -0.2) is 0 Å². The quantitative estimate of drug-likeness (QED) is 0.556. The normalized spacial score (nSPS) is 19.2. The molecule has 0 aromatic heterocycles. The first kappa shape index (κ1) is 8.44. The van der Waals surface area contributed by atoms with Crippen LogP contribution in [0, 0.1) is 5.92 Å². The van der Waals surface area contributed by atoms with Crippen LogP contribution in [0.3, 0.4) is 0 Å². The Morgan fingerprint density at radius 2 is 2.00 bits per heavy atom. The van der Waals surface area contributed by atoms with Crippen LogP contribution in [-0.2, 0) is 4.79 Å². The molecule has 62 valence electrons. The molecule has 0 spiro atoms. The summed E-state index contributed by atoms with van der Waals surface area (Å²) in [7, 11) is 0. The standard InChI is InChI=1S/C9H15NO/c1-9(2,3)10-6-8(11)7-4-5-7/h6-7H,4-5H2,1-3H3. The van der Waals surface area contributed by atoms with Crippen molar-refractivity contribution in [1.29, 1.82) is 0 Å². The van der Waals surface area contributed by atoms with Gasteiger partial charge in [0.15, 0.2) is 5.78 Å². The maximum absolute atomic E-state index is 11.1. The zero-order valence-corrected chi connectivity index (χ0v) is 7.42. The van der Waals surface area contributed by atoms with Crippen LogP contribution >= 0.6 is 0 Å². The molecule has 2 heteroatoms. The van der Waals surface area contributed by atoms with Crippen LogP contribution in [0.15, 0.2) is 4.99 Å². The molecule has 1 aliphatic carbocycles. The molecule has 0 aromatic rings. The number of aliphatic imine (C=N–C) groups is 1. The summed E-state index contributed by atoms with van der Waals surface area (Å²) in [6, 6.07) is 0. The van der Waals surface area contributed by atoms with Gasteiger partial charge in [-0.2, -0.15) is 0 Å². The Balaban J connectivity index is 2.39. The number of hydrogen-bond donors (Lipinski definition) is 0. The van der Waals surface area contributed by atoms with E-state index in [9.17, 15) is 4.79 Å². The predicted octanol–water partition coefficient (Wildman–Crippen LogP) is 1.83. The average molecular weight is 153 g/mol. The summed E-state index contributed by atoms with van der Waals surface area (Å²) in [5.41, 5.74) is -0.107. The van der Waals surface area contributed by atoms with Crippen molar-refractivity contribution < 1.29 is 4.79 Å². The van der Waals surface area contributed by atoms with Gasteiger partial charge in [0.1, 0.15) is 0 Å². The molecule has 0 heterocycles. The topological polar surface area (TPSA) is 29.4 Å². The Morgan fingerprint density at radius 1 is 1.45 bits per heavy atom. The zero-order valence-electron chi connectivity index (χ0n) is 7.42. The second-order valence-electron chi connectivity index (χ2n) is 4.11. The number of ketones is 1. The Kier molecular flexibility index (Phi) is 2.12. The molecule has 0 saturated heterocycles. The maximum Gasteiger partial charge on any atom is 0.176 e. The van der Waals surface area contributed by atoms with E-state index in [0.29, 0.717) is 5.92 Å². The summed E-state index contributed by atoms with van der Waals surface area (Å²) >= 11 is 0. The minimum absolute atomic E-state index is 0.107. The molecule has 2 nitrogen and oxygen atoms in total. The third-order valence-corrected chi connectivity index (χ3v) is 1.56. The number of hydrogen-bond acceptors (Lipinski definition) is 2. The molecule has 11 heavy (non-hydrogen) atoms. The van der Waals surface area contributed by atoms with Crippen LogP contribution < -0.4 is 0 Å². The fourth-order valence-electron chi connectivity index (χ4n) is 0.731. The van der Waals surface area contributed by atoms with Crippen molar-refractivity contribution in [3.8, 4) is 0 Å². The summed E-state index contributed by atoms with van der Waals surface area (Å²) in [5, 5.41) is 0. The van der Waals surface area contributed by atoms with E-state index in [0.717, 1.165) is 12.8 Å². The highest BCUT2D eigenvalue weighted by Gasteiger charge is 2.28. The highest BCUT2D eigenvalue weighted by atomic mass is 16.1. The van der Waals surface area contributed by atoms with Gasteiger partial charge in [0.05, 0.1) is 11.8 Å². The number of rotatable bonds is 2. The van der Waals surface area contributed by atoms with Crippen molar-refractivity contribution in [2.24, 2.45) is 10.9 Å². The van der Waals surface area contributed by atoms with E-state index in [1.807, 2.05) is 20.8 Å². The third kappa shape index (κ3) is 3.30. The minimum Gasteiger partial charge on any atom is -0.293 e. The van der Waals surface area contributed by atoms with Gasteiger partial charge in [0.25, 0.3) is 0 Å². The number of Topliss-reactive ketones (excluding diaryl/α,β-unsaturated/α-hetero) is 1. The Hall–Kier alpha value is -0.660. The van der Waals surface area contributed by atoms with E-state index in [2.05, 4.69) is 4.99 Å². The smallest absolute Gasteiger partial charge is 0.176 e. The molecular formula is C9H15NO. The van der Waals surface area contributed by atoms with Crippen molar-refractivity contribution in [2.45, 2.75) is 39.2 Å². The van der Waals surface area contributed by atoms with Crippen molar-refractivity contribution in [1.82, 2.24) is 0 Å². The highest BCUT2D eigenvalue weighted by Crippen LogP contribution is 2.29. The Labute approximate surface area is 67.7 Å². The van der Waals surface area contributed by atoms with Crippen LogP contribution in [0.2, 0.25) is 0 Å². The maximum atomic E-state index is 11.1. The molecule has 1 fully saturated rings. The lowest BCUT2D eigenvalue weighted by atomic mass is 10.1. The molecule has 0 aliphatic heterocycles. The second kappa shape index (κ2) is 2.76. The molecule has 0 radical (unpaired) electrons. The van der Waals surface area contributed by atoms with E-state index < -0.39 is 0 Å². The summed E-state index contributed by atoms with van der Waals surface area (Å²) < 4.78 is 0. The monoisotopic (exact) mass is 153 g/mol. The third-order valence-electron chi connectivity index (χ3n) is 1.56. The molecule has 1 saturated carbocycles.